The van der Waals surface area contributed by atoms with Crippen molar-refractivity contribution in [3.8, 4) is 5.75 Å². The molecule has 8 heteroatoms. The van der Waals surface area contributed by atoms with Crippen LogP contribution in [0.2, 0.25) is 0 Å². The molecule has 1 aliphatic heterocycles. The molecule has 4 rings (SSSR count). The predicted octanol–water partition coefficient (Wildman–Crippen LogP) is 5.16. The number of nitrogens with zero attached hydrogens (tertiary/aromatic N) is 2. The molecule has 1 aromatic heterocycles. The number of rotatable bonds is 9. The molecule has 2 aliphatic rings. The number of likely N-dealkylation sites (tertiary alicyclic amines) is 1. The SMILES string of the molecule is COCCCOc1cc(C(C)N(C(=O)[C@@H]2CCN(C(=O)OC(C)(C)C)C2)C2CC2)cc2occc12. The van der Waals surface area contributed by atoms with Crippen LogP contribution in [0.25, 0.3) is 11.0 Å². The maximum atomic E-state index is 13.7. The predicted molar refractivity (Wildman–Crippen MR) is 132 cm³/mol. The van der Waals surface area contributed by atoms with E-state index in [0.29, 0.717) is 32.7 Å². The quantitative estimate of drug-likeness (QED) is 0.456. The first-order valence-corrected chi connectivity index (χ1v) is 12.6. The average molecular weight is 487 g/mol. The number of benzene rings is 1. The third-order valence-electron chi connectivity index (χ3n) is 6.59. The van der Waals surface area contributed by atoms with E-state index in [-0.39, 0.29) is 30.0 Å². The number of furan rings is 1. The van der Waals surface area contributed by atoms with Crippen molar-refractivity contribution >= 4 is 23.0 Å². The van der Waals surface area contributed by atoms with Crippen molar-refractivity contribution in [2.45, 2.75) is 71.1 Å². The highest BCUT2D eigenvalue weighted by molar-refractivity contribution is 5.86. The van der Waals surface area contributed by atoms with Crippen LogP contribution in [0.1, 0.15) is 65.0 Å². The maximum Gasteiger partial charge on any atom is 0.410 e. The van der Waals surface area contributed by atoms with Crippen LogP contribution in [0.15, 0.2) is 28.9 Å². The van der Waals surface area contributed by atoms with E-state index in [4.69, 9.17) is 18.6 Å². The van der Waals surface area contributed by atoms with E-state index < -0.39 is 5.60 Å². The first-order valence-electron chi connectivity index (χ1n) is 12.6. The lowest BCUT2D eigenvalue weighted by molar-refractivity contribution is -0.138. The summed E-state index contributed by atoms with van der Waals surface area (Å²) in [6.07, 6.45) is 4.76. The van der Waals surface area contributed by atoms with Gasteiger partial charge < -0.3 is 28.4 Å². The highest BCUT2D eigenvalue weighted by Crippen LogP contribution is 2.39. The number of fused-ring (bicyclic) bond motifs is 1. The Bertz CT molecular complexity index is 1040. The Morgan fingerprint density at radius 3 is 2.66 bits per heavy atom. The van der Waals surface area contributed by atoms with Gasteiger partial charge in [0.2, 0.25) is 5.91 Å². The molecule has 192 valence electrons. The monoisotopic (exact) mass is 486 g/mol. The minimum Gasteiger partial charge on any atom is -0.493 e. The Kier molecular flexibility index (Phi) is 7.59. The zero-order valence-corrected chi connectivity index (χ0v) is 21.5. The van der Waals surface area contributed by atoms with Crippen molar-refractivity contribution in [2.75, 3.05) is 33.4 Å². The molecule has 1 saturated carbocycles. The molecule has 8 nitrogen and oxygen atoms in total. The van der Waals surface area contributed by atoms with Crippen LogP contribution in [0.5, 0.6) is 5.75 Å². The van der Waals surface area contributed by atoms with Crippen LogP contribution in [0, 0.1) is 5.92 Å². The summed E-state index contributed by atoms with van der Waals surface area (Å²) in [6, 6.07) is 6.03. The van der Waals surface area contributed by atoms with Crippen LogP contribution >= 0.6 is 0 Å². The fraction of sp³-hybridized carbons (Fsp3) is 0.630. The van der Waals surface area contributed by atoms with Gasteiger partial charge in [-0.25, -0.2) is 4.79 Å². The molecule has 1 aliphatic carbocycles. The largest absolute Gasteiger partial charge is 0.493 e. The van der Waals surface area contributed by atoms with Crippen molar-refractivity contribution in [1.29, 1.82) is 0 Å². The molecule has 2 aromatic rings. The van der Waals surface area contributed by atoms with E-state index >= 15 is 0 Å². The van der Waals surface area contributed by atoms with Crippen LogP contribution in [0.4, 0.5) is 4.79 Å². The van der Waals surface area contributed by atoms with E-state index in [9.17, 15) is 9.59 Å². The minimum absolute atomic E-state index is 0.105. The topological polar surface area (TPSA) is 81.5 Å². The molecule has 0 spiro atoms. The van der Waals surface area contributed by atoms with Crippen molar-refractivity contribution in [2.24, 2.45) is 5.92 Å². The van der Waals surface area contributed by atoms with Gasteiger partial charge in [-0.15, -0.1) is 0 Å². The second kappa shape index (κ2) is 10.5. The smallest absolute Gasteiger partial charge is 0.410 e. The van der Waals surface area contributed by atoms with Crippen molar-refractivity contribution in [1.82, 2.24) is 9.80 Å². The molecule has 2 atom stereocenters. The van der Waals surface area contributed by atoms with Crippen molar-refractivity contribution in [3.63, 3.8) is 0 Å². The molecule has 2 fully saturated rings. The summed E-state index contributed by atoms with van der Waals surface area (Å²) >= 11 is 0. The molecule has 1 saturated heterocycles. The van der Waals surface area contributed by atoms with Gasteiger partial charge in [0.1, 0.15) is 16.9 Å². The summed E-state index contributed by atoms with van der Waals surface area (Å²) in [6.45, 7) is 9.74. The molecule has 0 bridgehead atoms. The van der Waals surface area contributed by atoms with Gasteiger partial charge in [0, 0.05) is 39.3 Å². The summed E-state index contributed by atoms with van der Waals surface area (Å²) in [5.41, 5.74) is 1.18. The normalized spacial score (nSPS) is 19.1. The van der Waals surface area contributed by atoms with Crippen LogP contribution in [-0.4, -0.2) is 66.9 Å². The molecular formula is C27H38N2O6. The standard InChI is InChI=1S/C27H38N2O6/c1-18(20-15-23(33-13-6-12-32-5)22-10-14-34-24(22)16-20)29(21-7-8-21)25(30)19-9-11-28(17-19)26(31)35-27(2,3)4/h10,14-16,18-19,21H,6-9,11-13,17H2,1-5H3/t18?,19-/m1/s1. The third kappa shape index (κ3) is 6.10. The number of carbonyl (C=O) groups excluding carboxylic acids is 2. The number of amides is 2. The lowest BCUT2D eigenvalue weighted by Gasteiger charge is -2.32. The van der Waals surface area contributed by atoms with Gasteiger partial charge in [-0.05, 0) is 70.7 Å². The van der Waals surface area contributed by atoms with E-state index in [1.54, 1.807) is 18.3 Å². The third-order valence-corrected chi connectivity index (χ3v) is 6.59. The van der Waals surface area contributed by atoms with Crippen LogP contribution in [-0.2, 0) is 14.3 Å². The Balaban J connectivity index is 1.50. The highest BCUT2D eigenvalue weighted by Gasteiger charge is 2.42. The summed E-state index contributed by atoms with van der Waals surface area (Å²) in [5, 5.41) is 0.923. The number of hydrogen-bond acceptors (Lipinski definition) is 6. The lowest BCUT2D eigenvalue weighted by atomic mass is 10.0. The molecule has 0 N–H and O–H groups in total. The summed E-state index contributed by atoms with van der Waals surface area (Å²) in [5.74, 6) is 0.644. The van der Waals surface area contributed by atoms with E-state index in [2.05, 4.69) is 6.92 Å². The van der Waals surface area contributed by atoms with Gasteiger partial charge in [0.25, 0.3) is 0 Å². The first-order chi connectivity index (χ1) is 16.7. The second-order valence-electron chi connectivity index (χ2n) is 10.6. The van der Waals surface area contributed by atoms with Gasteiger partial charge in [-0.2, -0.15) is 0 Å². The highest BCUT2D eigenvalue weighted by atomic mass is 16.6. The lowest BCUT2D eigenvalue weighted by Crippen LogP contribution is -2.41. The summed E-state index contributed by atoms with van der Waals surface area (Å²) < 4.78 is 22.4. The van der Waals surface area contributed by atoms with E-state index in [1.165, 1.54) is 0 Å². The summed E-state index contributed by atoms with van der Waals surface area (Å²) in [4.78, 5) is 29.9. The molecular weight excluding hydrogens is 448 g/mol. The van der Waals surface area contributed by atoms with Gasteiger partial charge in [-0.1, -0.05) is 0 Å². The van der Waals surface area contributed by atoms with E-state index in [1.807, 2.05) is 43.9 Å². The first kappa shape index (κ1) is 25.4. The molecule has 1 aromatic carbocycles. The fourth-order valence-corrected chi connectivity index (χ4v) is 4.67. The second-order valence-corrected chi connectivity index (χ2v) is 10.6. The molecule has 1 unspecified atom stereocenters. The molecule has 0 radical (unpaired) electrons. The Hall–Kier alpha value is -2.74. The Labute approximate surface area is 207 Å². The van der Waals surface area contributed by atoms with Crippen LogP contribution < -0.4 is 4.74 Å². The number of hydrogen-bond donors (Lipinski definition) is 0. The Morgan fingerprint density at radius 2 is 1.97 bits per heavy atom. The fourth-order valence-electron chi connectivity index (χ4n) is 4.67. The molecule has 2 amide bonds. The minimum atomic E-state index is -0.554. The van der Waals surface area contributed by atoms with Gasteiger partial charge in [0.15, 0.2) is 0 Å². The van der Waals surface area contributed by atoms with Gasteiger partial charge >= 0.3 is 6.09 Å². The number of methoxy groups -OCH3 is 1. The molecule has 35 heavy (non-hydrogen) atoms. The molecule has 2 heterocycles. The average Bonchev–Trinajstić information content (AvgIpc) is 3.30. The van der Waals surface area contributed by atoms with E-state index in [0.717, 1.165) is 41.5 Å². The Morgan fingerprint density at radius 1 is 1.20 bits per heavy atom. The number of ether oxygens (including phenoxy) is 3. The van der Waals surface area contributed by atoms with Crippen LogP contribution in [0.3, 0.4) is 0 Å². The van der Waals surface area contributed by atoms with Crippen molar-refractivity contribution in [3.05, 3.63) is 30.0 Å². The van der Waals surface area contributed by atoms with Crippen molar-refractivity contribution < 1.29 is 28.2 Å². The van der Waals surface area contributed by atoms with Gasteiger partial charge in [0.05, 0.1) is 30.2 Å². The van der Waals surface area contributed by atoms with Gasteiger partial charge in [-0.3, -0.25) is 4.79 Å². The summed E-state index contributed by atoms with van der Waals surface area (Å²) in [7, 11) is 1.68. The zero-order valence-electron chi connectivity index (χ0n) is 21.5. The zero-order chi connectivity index (χ0) is 25.2. The maximum absolute atomic E-state index is 13.7. The number of carbonyl (C=O) groups is 2.